The third-order valence-corrected chi connectivity index (χ3v) is 6.11. The molecule has 0 saturated carbocycles. The van der Waals surface area contributed by atoms with E-state index in [0.717, 1.165) is 23.5 Å². The quantitative estimate of drug-likeness (QED) is 0.384. The van der Waals surface area contributed by atoms with Crippen molar-refractivity contribution in [2.45, 2.75) is 39.0 Å². The minimum atomic E-state index is -0.227. The van der Waals surface area contributed by atoms with Gasteiger partial charge in [-0.25, -0.2) is 4.98 Å². The molecule has 0 aliphatic carbocycles. The molecule has 0 bridgehead atoms. The first-order valence-electron chi connectivity index (χ1n) is 11.4. The van der Waals surface area contributed by atoms with Crippen molar-refractivity contribution < 1.29 is 14.3 Å². The lowest BCUT2D eigenvalue weighted by atomic mass is 10.0. The van der Waals surface area contributed by atoms with Gasteiger partial charge in [-0.15, -0.1) is 0 Å². The number of nitrogens with zero attached hydrogens (tertiary/aromatic N) is 6. The zero-order valence-electron chi connectivity index (χ0n) is 19.2. The van der Waals surface area contributed by atoms with E-state index in [1.54, 1.807) is 0 Å². The number of piperazine rings is 1. The maximum atomic E-state index is 12.6. The standard InChI is InChI=1S/C24H30N6O3/c1-18-20(16-19-8-4-3-5-9-19)23(30-24(27-18)25-17-26-30)29-14-12-28(13-15-29)21(31)10-6-7-11-22(32)33-2/h3-5,8-9,17H,6-7,10-16H2,1-2H3. The molecular formula is C24H30N6O3. The molecule has 1 aliphatic heterocycles. The molecule has 3 aromatic rings. The minimum Gasteiger partial charge on any atom is -0.469 e. The van der Waals surface area contributed by atoms with Crippen LogP contribution in [0.15, 0.2) is 36.7 Å². The maximum absolute atomic E-state index is 12.6. The molecule has 0 radical (unpaired) electrons. The van der Waals surface area contributed by atoms with Gasteiger partial charge in [0.2, 0.25) is 5.91 Å². The summed E-state index contributed by atoms with van der Waals surface area (Å²) < 4.78 is 6.47. The summed E-state index contributed by atoms with van der Waals surface area (Å²) in [4.78, 5) is 37.0. The predicted octanol–water partition coefficient (Wildman–Crippen LogP) is 2.41. The zero-order valence-corrected chi connectivity index (χ0v) is 19.2. The first-order valence-corrected chi connectivity index (χ1v) is 11.4. The summed E-state index contributed by atoms with van der Waals surface area (Å²) in [5, 5.41) is 4.45. The van der Waals surface area contributed by atoms with Crippen LogP contribution >= 0.6 is 0 Å². The number of aromatic nitrogens is 4. The fourth-order valence-electron chi connectivity index (χ4n) is 4.27. The van der Waals surface area contributed by atoms with Crippen LogP contribution < -0.4 is 4.90 Å². The Kier molecular flexibility index (Phi) is 7.16. The third kappa shape index (κ3) is 5.30. The smallest absolute Gasteiger partial charge is 0.305 e. The molecule has 4 rings (SSSR count). The summed E-state index contributed by atoms with van der Waals surface area (Å²) >= 11 is 0. The molecule has 9 nitrogen and oxygen atoms in total. The molecule has 0 N–H and O–H groups in total. The van der Waals surface area contributed by atoms with E-state index >= 15 is 0 Å². The number of carbonyl (C=O) groups excluding carboxylic acids is 2. The van der Waals surface area contributed by atoms with Gasteiger partial charge in [-0.05, 0) is 25.3 Å². The summed E-state index contributed by atoms with van der Waals surface area (Å²) in [6.45, 7) is 4.75. The predicted molar refractivity (Wildman–Crippen MR) is 124 cm³/mol. The van der Waals surface area contributed by atoms with Gasteiger partial charge in [0, 0.05) is 56.7 Å². The van der Waals surface area contributed by atoms with E-state index in [4.69, 9.17) is 0 Å². The van der Waals surface area contributed by atoms with Crippen molar-refractivity contribution in [1.82, 2.24) is 24.5 Å². The highest BCUT2D eigenvalue weighted by atomic mass is 16.5. The van der Waals surface area contributed by atoms with Gasteiger partial charge in [0.15, 0.2) is 0 Å². The van der Waals surface area contributed by atoms with Crippen molar-refractivity contribution in [2.75, 3.05) is 38.2 Å². The highest BCUT2D eigenvalue weighted by Crippen LogP contribution is 2.27. The number of hydrogen-bond donors (Lipinski definition) is 0. The molecule has 33 heavy (non-hydrogen) atoms. The normalized spacial score (nSPS) is 14.0. The van der Waals surface area contributed by atoms with Crippen LogP contribution in [0.25, 0.3) is 5.78 Å². The molecule has 0 spiro atoms. The maximum Gasteiger partial charge on any atom is 0.305 e. The van der Waals surface area contributed by atoms with Gasteiger partial charge in [-0.1, -0.05) is 30.3 Å². The number of anilines is 1. The van der Waals surface area contributed by atoms with Gasteiger partial charge in [0.05, 0.1) is 7.11 Å². The molecule has 3 heterocycles. The Morgan fingerprint density at radius 1 is 1.03 bits per heavy atom. The summed E-state index contributed by atoms with van der Waals surface area (Å²) in [5.74, 6) is 1.50. The number of esters is 1. The minimum absolute atomic E-state index is 0.140. The van der Waals surface area contributed by atoms with Gasteiger partial charge in [0.1, 0.15) is 12.1 Å². The van der Waals surface area contributed by atoms with Crippen LogP contribution in [-0.4, -0.2) is 69.6 Å². The summed E-state index contributed by atoms with van der Waals surface area (Å²) in [5.41, 5.74) is 3.28. The largest absolute Gasteiger partial charge is 0.469 e. The monoisotopic (exact) mass is 450 g/mol. The van der Waals surface area contributed by atoms with Gasteiger partial charge < -0.3 is 14.5 Å². The summed E-state index contributed by atoms with van der Waals surface area (Å²) in [7, 11) is 1.38. The van der Waals surface area contributed by atoms with Crippen molar-refractivity contribution >= 4 is 23.5 Å². The fraction of sp³-hybridized carbons (Fsp3) is 0.458. The Labute approximate surface area is 193 Å². The average molecular weight is 451 g/mol. The van der Waals surface area contributed by atoms with E-state index in [9.17, 15) is 9.59 Å². The Hall–Kier alpha value is -3.49. The number of hydrogen-bond acceptors (Lipinski definition) is 7. The molecule has 1 saturated heterocycles. The second-order valence-corrected chi connectivity index (χ2v) is 8.28. The molecule has 2 aromatic heterocycles. The number of fused-ring (bicyclic) bond motifs is 1. The average Bonchev–Trinajstić information content (AvgIpc) is 3.30. The number of rotatable bonds is 8. The molecule has 9 heteroatoms. The van der Waals surface area contributed by atoms with E-state index < -0.39 is 0 Å². The van der Waals surface area contributed by atoms with Crippen molar-refractivity contribution in [3.05, 3.63) is 53.5 Å². The van der Waals surface area contributed by atoms with Crippen molar-refractivity contribution in [2.24, 2.45) is 0 Å². The van der Waals surface area contributed by atoms with Crippen LogP contribution in [-0.2, 0) is 20.7 Å². The topological polar surface area (TPSA) is 92.9 Å². The molecule has 0 unspecified atom stereocenters. The number of methoxy groups -OCH3 is 1. The van der Waals surface area contributed by atoms with Crippen LogP contribution in [0.3, 0.4) is 0 Å². The van der Waals surface area contributed by atoms with Gasteiger partial charge in [0.25, 0.3) is 5.78 Å². The molecule has 1 aromatic carbocycles. The highest BCUT2D eigenvalue weighted by Gasteiger charge is 2.26. The number of aryl methyl sites for hydroxylation is 1. The second kappa shape index (κ2) is 10.4. The Morgan fingerprint density at radius 3 is 2.48 bits per heavy atom. The SMILES string of the molecule is COC(=O)CCCCC(=O)N1CCN(c2c(Cc3ccccc3)c(C)nc3ncnn23)CC1. The number of ether oxygens (including phenoxy) is 1. The molecule has 1 fully saturated rings. The summed E-state index contributed by atoms with van der Waals surface area (Å²) in [6, 6.07) is 10.3. The van der Waals surface area contributed by atoms with Crippen molar-refractivity contribution in [3.8, 4) is 0 Å². The summed E-state index contributed by atoms with van der Waals surface area (Å²) in [6.07, 6.45) is 4.46. The van der Waals surface area contributed by atoms with E-state index in [-0.39, 0.29) is 11.9 Å². The van der Waals surface area contributed by atoms with E-state index in [0.29, 0.717) is 57.6 Å². The molecule has 174 valence electrons. The van der Waals surface area contributed by atoms with Crippen LogP contribution in [0.2, 0.25) is 0 Å². The first-order chi connectivity index (χ1) is 16.1. The van der Waals surface area contributed by atoms with Crippen LogP contribution in [0.5, 0.6) is 0 Å². The van der Waals surface area contributed by atoms with E-state index in [1.165, 1.54) is 19.0 Å². The van der Waals surface area contributed by atoms with Crippen molar-refractivity contribution in [3.63, 3.8) is 0 Å². The third-order valence-electron chi connectivity index (χ3n) is 6.11. The van der Waals surface area contributed by atoms with Crippen LogP contribution in [0.4, 0.5) is 5.82 Å². The Balaban J connectivity index is 1.45. The fourth-order valence-corrected chi connectivity index (χ4v) is 4.27. The molecule has 0 atom stereocenters. The molecule has 1 aliphatic rings. The van der Waals surface area contributed by atoms with Crippen LogP contribution in [0, 0.1) is 6.92 Å². The zero-order chi connectivity index (χ0) is 23.2. The second-order valence-electron chi connectivity index (χ2n) is 8.28. The number of unbranched alkanes of at least 4 members (excludes halogenated alkanes) is 1. The lowest BCUT2D eigenvalue weighted by Gasteiger charge is -2.37. The Bertz CT molecular complexity index is 1110. The Morgan fingerprint density at radius 2 is 1.76 bits per heavy atom. The molecule has 1 amide bonds. The first kappa shape index (κ1) is 22.7. The number of carbonyl (C=O) groups is 2. The van der Waals surface area contributed by atoms with E-state index in [1.807, 2.05) is 34.5 Å². The lowest BCUT2D eigenvalue weighted by Crippen LogP contribution is -2.49. The highest BCUT2D eigenvalue weighted by molar-refractivity contribution is 5.76. The molecular weight excluding hydrogens is 420 g/mol. The van der Waals surface area contributed by atoms with E-state index in [2.05, 4.69) is 36.8 Å². The lowest BCUT2D eigenvalue weighted by molar-refractivity contribution is -0.141. The van der Waals surface area contributed by atoms with Gasteiger partial charge in [-0.2, -0.15) is 14.6 Å². The van der Waals surface area contributed by atoms with Gasteiger partial charge >= 0.3 is 5.97 Å². The van der Waals surface area contributed by atoms with Crippen molar-refractivity contribution in [1.29, 1.82) is 0 Å². The van der Waals surface area contributed by atoms with Gasteiger partial charge in [-0.3, -0.25) is 9.59 Å². The van der Waals surface area contributed by atoms with Crippen LogP contribution in [0.1, 0.15) is 42.5 Å². The number of amides is 1. The number of benzene rings is 1.